The van der Waals surface area contributed by atoms with E-state index in [1.54, 1.807) is 0 Å². The van der Waals surface area contributed by atoms with E-state index in [1.807, 2.05) is 0 Å². The normalized spacial score (nSPS) is 25.2. The molecule has 0 unspecified atom stereocenters. The van der Waals surface area contributed by atoms with E-state index in [2.05, 4.69) is 24.8 Å². The number of aliphatic hydroxyl groups excluding tert-OH is 1. The van der Waals surface area contributed by atoms with Crippen molar-refractivity contribution in [2.75, 3.05) is 13.1 Å². The van der Waals surface area contributed by atoms with Crippen LogP contribution in [0.4, 0.5) is 0 Å². The Morgan fingerprint density at radius 1 is 1.33 bits per heavy atom. The zero-order chi connectivity index (χ0) is 13.3. The molecule has 18 heavy (non-hydrogen) atoms. The molecule has 1 N–H and O–H groups in total. The molecule has 1 aliphatic carbocycles. The van der Waals surface area contributed by atoms with Gasteiger partial charge in [0.05, 0.1) is 6.10 Å². The van der Waals surface area contributed by atoms with Crippen LogP contribution in [0.2, 0.25) is 0 Å². The third-order valence-electron chi connectivity index (χ3n) is 3.81. The van der Waals surface area contributed by atoms with Crippen LogP contribution >= 0.6 is 0 Å². The standard InChI is InChI=1S/C14H20N2O2/c1-14(2)7-12(11(9-15)13(18)8-14)16-5-3-10(17)4-6-16/h10,17H,3-8H2,1-2H3. The molecule has 2 aliphatic rings. The first-order valence-electron chi connectivity index (χ1n) is 6.52. The van der Waals surface area contributed by atoms with Crippen LogP contribution in [0, 0.1) is 16.7 Å². The number of piperidine rings is 1. The summed E-state index contributed by atoms with van der Waals surface area (Å²) in [7, 11) is 0. The number of aliphatic hydroxyl groups is 1. The summed E-state index contributed by atoms with van der Waals surface area (Å²) < 4.78 is 0. The van der Waals surface area contributed by atoms with Crippen LogP contribution < -0.4 is 0 Å². The summed E-state index contributed by atoms with van der Waals surface area (Å²) in [5, 5.41) is 18.7. The van der Waals surface area contributed by atoms with Gasteiger partial charge in [0.15, 0.2) is 5.78 Å². The summed E-state index contributed by atoms with van der Waals surface area (Å²) in [6.45, 7) is 5.62. The van der Waals surface area contributed by atoms with Gasteiger partial charge in [-0.05, 0) is 24.7 Å². The molecule has 4 nitrogen and oxygen atoms in total. The zero-order valence-electron chi connectivity index (χ0n) is 11.1. The average Bonchev–Trinajstić information content (AvgIpc) is 2.28. The molecule has 0 atom stereocenters. The van der Waals surface area contributed by atoms with Gasteiger partial charge in [-0.1, -0.05) is 13.8 Å². The van der Waals surface area contributed by atoms with E-state index in [1.165, 1.54) is 0 Å². The van der Waals surface area contributed by atoms with Crippen LogP contribution in [-0.2, 0) is 4.79 Å². The lowest BCUT2D eigenvalue weighted by Crippen LogP contribution is -2.39. The highest BCUT2D eigenvalue weighted by Crippen LogP contribution is 2.38. The molecule has 0 spiro atoms. The van der Waals surface area contributed by atoms with Crippen LogP contribution in [0.25, 0.3) is 0 Å². The molecular weight excluding hydrogens is 228 g/mol. The molecule has 0 amide bonds. The molecule has 0 radical (unpaired) electrons. The summed E-state index contributed by atoms with van der Waals surface area (Å²) in [4.78, 5) is 14.1. The minimum atomic E-state index is -0.236. The van der Waals surface area contributed by atoms with E-state index < -0.39 is 0 Å². The Bertz CT molecular complexity index is 424. The van der Waals surface area contributed by atoms with Crippen LogP contribution in [0.1, 0.15) is 39.5 Å². The molecule has 2 rings (SSSR count). The minimum absolute atomic E-state index is 0.0325. The van der Waals surface area contributed by atoms with E-state index in [-0.39, 0.29) is 17.3 Å². The Labute approximate surface area is 108 Å². The van der Waals surface area contributed by atoms with Crippen molar-refractivity contribution in [3.63, 3.8) is 0 Å². The van der Waals surface area contributed by atoms with Gasteiger partial charge in [-0.25, -0.2) is 0 Å². The molecule has 0 aromatic rings. The Morgan fingerprint density at radius 2 is 1.94 bits per heavy atom. The predicted molar refractivity (Wildman–Crippen MR) is 67.5 cm³/mol. The predicted octanol–water partition coefficient (Wildman–Crippen LogP) is 1.61. The SMILES string of the molecule is CC1(C)CC(=O)C(C#N)=C(N2CCC(O)CC2)C1. The lowest BCUT2D eigenvalue weighted by molar-refractivity contribution is -0.118. The van der Waals surface area contributed by atoms with E-state index in [9.17, 15) is 15.2 Å². The van der Waals surface area contributed by atoms with Gasteiger partial charge in [-0.2, -0.15) is 5.26 Å². The maximum Gasteiger partial charge on any atom is 0.175 e. The van der Waals surface area contributed by atoms with E-state index in [0.29, 0.717) is 12.0 Å². The maximum atomic E-state index is 12.0. The number of hydrogen-bond acceptors (Lipinski definition) is 4. The fourth-order valence-corrected chi connectivity index (χ4v) is 2.82. The second-order valence-corrected chi connectivity index (χ2v) is 6.09. The summed E-state index contributed by atoms with van der Waals surface area (Å²) in [6.07, 6.45) is 2.43. The Kier molecular flexibility index (Phi) is 3.45. The number of carbonyl (C=O) groups is 1. The number of hydrogen-bond donors (Lipinski definition) is 1. The zero-order valence-corrected chi connectivity index (χ0v) is 11.1. The van der Waals surface area contributed by atoms with Gasteiger partial charge in [-0.15, -0.1) is 0 Å². The summed E-state index contributed by atoms with van der Waals surface area (Å²) in [5.74, 6) is -0.0325. The summed E-state index contributed by atoms with van der Waals surface area (Å²) >= 11 is 0. The number of likely N-dealkylation sites (tertiary alicyclic amines) is 1. The first-order valence-corrected chi connectivity index (χ1v) is 6.52. The molecule has 1 saturated heterocycles. The molecular formula is C14H20N2O2. The van der Waals surface area contributed by atoms with Gasteiger partial charge in [0.25, 0.3) is 0 Å². The van der Waals surface area contributed by atoms with Crippen molar-refractivity contribution < 1.29 is 9.90 Å². The second kappa shape index (κ2) is 4.74. The molecule has 1 heterocycles. The smallest absolute Gasteiger partial charge is 0.175 e. The highest BCUT2D eigenvalue weighted by Gasteiger charge is 2.35. The Morgan fingerprint density at radius 3 is 2.50 bits per heavy atom. The van der Waals surface area contributed by atoms with Gasteiger partial charge >= 0.3 is 0 Å². The topological polar surface area (TPSA) is 64.3 Å². The second-order valence-electron chi connectivity index (χ2n) is 6.09. The third kappa shape index (κ3) is 2.56. The first-order chi connectivity index (χ1) is 8.43. The molecule has 4 heteroatoms. The van der Waals surface area contributed by atoms with Crippen LogP contribution in [0.3, 0.4) is 0 Å². The average molecular weight is 248 g/mol. The third-order valence-corrected chi connectivity index (χ3v) is 3.81. The number of rotatable bonds is 1. The Balaban J connectivity index is 2.27. The number of allylic oxidation sites excluding steroid dienone is 2. The summed E-state index contributed by atoms with van der Waals surface area (Å²) in [6, 6.07) is 2.08. The van der Waals surface area contributed by atoms with Crippen molar-refractivity contribution in [3.05, 3.63) is 11.3 Å². The largest absolute Gasteiger partial charge is 0.393 e. The number of ketones is 1. The number of carbonyl (C=O) groups excluding carboxylic acids is 1. The van der Waals surface area contributed by atoms with Crippen LogP contribution in [0.15, 0.2) is 11.3 Å². The highest BCUT2D eigenvalue weighted by atomic mass is 16.3. The molecule has 0 aromatic heterocycles. The quantitative estimate of drug-likeness (QED) is 0.765. The molecule has 0 saturated carbocycles. The van der Waals surface area contributed by atoms with Gasteiger partial charge in [0.1, 0.15) is 11.6 Å². The lowest BCUT2D eigenvalue weighted by Gasteiger charge is -2.39. The lowest BCUT2D eigenvalue weighted by atomic mass is 9.75. The Hall–Kier alpha value is -1.34. The fraction of sp³-hybridized carbons (Fsp3) is 0.714. The van der Waals surface area contributed by atoms with Crippen molar-refractivity contribution in [2.24, 2.45) is 5.41 Å². The minimum Gasteiger partial charge on any atom is -0.393 e. The van der Waals surface area contributed by atoms with Crippen molar-refractivity contribution in [2.45, 2.75) is 45.6 Å². The molecule has 98 valence electrons. The van der Waals surface area contributed by atoms with Gasteiger partial charge < -0.3 is 10.0 Å². The number of nitrogens with zero attached hydrogens (tertiary/aromatic N) is 2. The van der Waals surface area contributed by atoms with Crippen molar-refractivity contribution in [1.29, 1.82) is 5.26 Å². The van der Waals surface area contributed by atoms with Crippen LogP contribution in [0.5, 0.6) is 0 Å². The van der Waals surface area contributed by atoms with Crippen molar-refractivity contribution in [1.82, 2.24) is 4.90 Å². The molecule has 1 fully saturated rings. The summed E-state index contributed by atoms with van der Waals surface area (Å²) in [5.41, 5.74) is 1.17. The van der Waals surface area contributed by atoms with Gasteiger partial charge in [0.2, 0.25) is 0 Å². The number of nitriles is 1. The highest BCUT2D eigenvalue weighted by molar-refractivity contribution is 6.01. The molecule has 1 aliphatic heterocycles. The monoisotopic (exact) mass is 248 g/mol. The van der Waals surface area contributed by atoms with E-state index in [0.717, 1.165) is 38.0 Å². The van der Waals surface area contributed by atoms with Gasteiger partial charge in [-0.3, -0.25) is 4.79 Å². The van der Waals surface area contributed by atoms with Gasteiger partial charge in [0, 0.05) is 25.2 Å². The fourth-order valence-electron chi connectivity index (χ4n) is 2.82. The van der Waals surface area contributed by atoms with E-state index >= 15 is 0 Å². The first kappa shape index (κ1) is 13.1. The van der Waals surface area contributed by atoms with E-state index in [4.69, 9.17) is 0 Å². The van der Waals surface area contributed by atoms with Crippen molar-refractivity contribution >= 4 is 5.78 Å². The number of Topliss-reactive ketones (excluding diaryl/α,β-unsaturated/α-hetero) is 1. The maximum absolute atomic E-state index is 12.0. The molecule has 0 aromatic carbocycles. The molecule has 0 bridgehead atoms. The van der Waals surface area contributed by atoms with Crippen LogP contribution in [-0.4, -0.2) is 35.0 Å². The van der Waals surface area contributed by atoms with Crippen molar-refractivity contribution in [3.8, 4) is 6.07 Å².